The predicted molar refractivity (Wildman–Crippen MR) is 56.5 cm³/mol. The first-order valence-corrected chi connectivity index (χ1v) is 5.38. The topological polar surface area (TPSA) is 38.9 Å². The van der Waals surface area contributed by atoms with E-state index in [-0.39, 0.29) is 5.41 Å². The molecular formula is C10H13BrN2. The molecule has 2 rings (SSSR count). The third-order valence-electron chi connectivity index (χ3n) is 2.97. The predicted octanol–water partition coefficient (Wildman–Crippen LogP) is 2.22. The number of nitrogens with zero attached hydrogens (tertiary/aromatic N) is 1. The van der Waals surface area contributed by atoms with Crippen LogP contribution >= 0.6 is 15.9 Å². The van der Waals surface area contributed by atoms with Crippen molar-refractivity contribution in [2.45, 2.75) is 24.7 Å². The highest BCUT2D eigenvalue weighted by Gasteiger charge is 2.38. The molecule has 0 atom stereocenters. The Hall–Kier alpha value is -0.410. The van der Waals surface area contributed by atoms with Crippen molar-refractivity contribution in [1.82, 2.24) is 4.98 Å². The molecule has 0 bridgehead atoms. The molecule has 0 aliphatic heterocycles. The molecule has 1 fully saturated rings. The zero-order valence-electron chi connectivity index (χ0n) is 7.46. The van der Waals surface area contributed by atoms with E-state index in [0.29, 0.717) is 0 Å². The lowest BCUT2D eigenvalue weighted by molar-refractivity contribution is 0.246. The van der Waals surface area contributed by atoms with Crippen molar-refractivity contribution in [3.05, 3.63) is 28.5 Å². The molecule has 0 amide bonds. The summed E-state index contributed by atoms with van der Waals surface area (Å²) in [6.45, 7) is 0.724. The van der Waals surface area contributed by atoms with Crippen LogP contribution in [0.15, 0.2) is 22.8 Å². The molecule has 0 unspecified atom stereocenters. The highest BCUT2D eigenvalue weighted by Crippen LogP contribution is 2.41. The van der Waals surface area contributed by atoms with E-state index in [9.17, 15) is 0 Å². The van der Waals surface area contributed by atoms with E-state index in [1.54, 1.807) is 0 Å². The van der Waals surface area contributed by atoms with Crippen LogP contribution in [0.1, 0.15) is 25.0 Å². The third-order valence-corrected chi connectivity index (χ3v) is 3.44. The molecular weight excluding hydrogens is 228 g/mol. The second-order valence-electron chi connectivity index (χ2n) is 3.70. The van der Waals surface area contributed by atoms with Crippen LogP contribution in [0.2, 0.25) is 0 Å². The Labute approximate surface area is 86.7 Å². The molecule has 1 saturated carbocycles. The van der Waals surface area contributed by atoms with Crippen molar-refractivity contribution in [2.24, 2.45) is 5.73 Å². The number of nitrogens with two attached hydrogens (primary N) is 1. The van der Waals surface area contributed by atoms with Gasteiger partial charge in [0, 0.05) is 28.3 Å². The second kappa shape index (κ2) is 3.39. The molecule has 2 nitrogen and oxygen atoms in total. The van der Waals surface area contributed by atoms with Gasteiger partial charge in [0.15, 0.2) is 0 Å². The van der Waals surface area contributed by atoms with Gasteiger partial charge in [0.25, 0.3) is 0 Å². The molecule has 1 aliphatic rings. The number of hydrogen-bond donors (Lipinski definition) is 1. The average Bonchev–Trinajstić information content (AvgIpc) is 2.07. The standard InChI is InChI=1S/C10H13BrN2/c11-8-2-3-9(13-6-8)10(7-12)4-1-5-10/h2-3,6H,1,4-5,7,12H2. The van der Waals surface area contributed by atoms with E-state index in [0.717, 1.165) is 16.7 Å². The van der Waals surface area contributed by atoms with E-state index in [2.05, 4.69) is 27.0 Å². The Morgan fingerprint density at radius 2 is 2.23 bits per heavy atom. The van der Waals surface area contributed by atoms with Crippen molar-refractivity contribution in [3.63, 3.8) is 0 Å². The van der Waals surface area contributed by atoms with Crippen LogP contribution in [0, 0.1) is 0 Å². The minimum absolute atomic E-state index is 0.195. The van der Waals surface area contributed by atoms with E-state index in [4.69, 9.17) is 5.73 Å². The first-order chi connectivity index (χ1) is 6.27. The molecule has 2 N–H and O–H groups in total. The lowest BCUT2D eigenvalue weighted by Crippen LogP contribution is -2.42. The summed E-state index contributed by atoms with van der Waals surface area (Å²) in [5.74, 6) is 0. The van der Waals surface area contributed by atoms with Gasteiger partial charge in [-0.1, -0.05) is 6.42 Å². The van der Waals surface area contributed by atoms with Gasteiger partial charge in [-0.2, -0.15) is 0 Å². The van der Waals surface area contributed by atoms with Crippen molar-refractivity contribution in [1.29, 1.82) is 0 Å². The van der Waals surface area contributed by atoms with Gasteiger partial charge in [-0.15, -0.1) is 0 Å². The fraction of sp³-hybridized carbons (Fsp3) is 0.500. The Morgan fingerprint density at radius 3 is 2.62 bits per heavy atom. The SMILES string of the molecule is NCC1(c2ccc(Br)cn2)CCC1. The van der Waals surface area contributed by atoms with Crippen LogP contribution in [-0.2, 0) is 5.41 Å². The number of aromatic nitrogens is 1. The third kappa shape index (κ3) is 1.51. The fourth-order valence-electron chi connectivity index (χ4n) is 1.86. The van der Waals surface area contributed by atoms with Crippen LogP contribution in [0.25, 0.3) is 0 Å². The van der Waals surface area contributed by atoms with Gasteiger partial charge in [-0.3, -0.25) is 4.98 Å². The Bertz CT molecular complexity index is 285. The van der Waals surface area contributed by atoms with Crippen LogP contribution < -0.4 is 5.73 Å². The highest BCUT2D eigenvalue weighted by atomic mass is 79.9. The van der Waals surface area contributed by atoms with E-state index in [1.165, 1.54) is 19.3 Å². The monoisotopic (exact) mass is 240 g/mol. The van der Waals surface area contributed by atoms with Crippen molar-refractivity contribution in [2.75, 3.05) is 6.54 Å². The quantitative estimate of drug-likeness (QED) is 0.862. The maximum atomic E-state index is 5.79. The summed E-state index contributed by atoms with van der Waals surface area (Å²) in [5, 5.41) is 0. The first-order valence-electron chi connectivity index (χ1n) is 4.59. The van der Waals surface area contributed by atoms with Gasteiger partial charge < -0.3 is 5.73 Å². The molecule has 1 aromatic rings. The summed E-state index contributed by atoms with van der Waals surface area (Å²) < 4.78 is 1.03. The van der Waals surface area contributed by atoms with Gasteiger partial charge in [-0.05, 0) is 40.9 Å². The number of rotatable bonds is 2. The zero-order valence-corrected chi connectivity index (χ0v) is 9.05. The smallest absolute Gasteiger partial charge is 0.0478 e. The Morgan fingerprint density at radius 1 is 1.46 bits per heavy atom. The minimum atomic E-state index is 0.195. The van der Waals surface area contributed by atoms with Gasteiger partial charge in [0.05, 0.1) is 0 Å². The summed E-state index contributed by atoms with van der Waals surface area (Å²) >= 11 is 3.38. The molecule has 70 valence electrons. The molecule has 0 radical (unpaired) electrons. The molecule has 1 aliphatic carbocycles. The maximum absolute atomic E-state index is 5.79. The summed E-state index contributed by atoms with van der Waals surface area (Å²) in [4.78, 5) is 4.42. The normalized spacial score (nSPS) is 19.5. The lowest BCUT2D eigenvalue weighted by atomic mass is 9.66. The van der Waals surface area contributed by atoms with E-state index >= 15 is 0 Å². The second-order valence-corrected chi connectivity index (χ2v) is 4.62. The molecule has 13 heavy (non-hydrogen) atoms. The molecule has 0 saturated heterocycles. The lowest BCUT2D eigenvalue weighted by Gasteiger charge is -2.40. The van der Waals surface area contributed by atoms with Crippen LogP contribution in [0.3, 0.4) is 0 Å². The van der Waals surface area contributed by atoms with Gasteiger partial charge in [0.2, 0.25) is 0 Å². The Balaban J connectivity index is 2.28. The van der Waals surface area contributed by atoms with Crippen molar-refractivity contribution < 1.29 is 0 Å². The van der Waals surface area contributed by atoms with Gasteiger partial charge in [0.1, 0.15) is 0 Å². The van der Waals surface area contributed by atoms with Gasteiger partial charge in [-0.25, -0.2) is 0 Å². The summed E-state index contributed by atoms with van der Waals surface area (Å²) in [6.07, 6.45) is 5.52. The molecule has 0 spiro atoms. The van der Waals surface area contributed by atoms with Crippen LogP contribution in [-0.4, -0.2) is 11.5 Å². The zero-order chi connectivity index (χ0) is 9.31. The molecule has 1 heterocycles. The van der Waals surface area contributed by atoms with Gasteiger partial charge >= 0.3 is 0 Å². The largest absolute Gasteiger partial charge is 0.330 e. The molecule has 3 heteroatoms. The Kier molecular flexibility index (Phi) is 2.39. The first kappa shape index (κ1) is 9.16. The van der Waals surface area contributed by atoms with Crippen LogP contribution in [0.4, 0.5) is 0 Å². The number of halogens is 1. The fourth-order valence-corrected chi connectivity index (χ4v) is 2.09. The van der Waals surface area contributed by atoms with E-state index in [1.807, 2.05) is 12.3 Å². The van der Waals surface area contributed by atoms with E-state index < -0.39 is 0 Å². The number of hydrogen-bond acceptors (Lipinski definition) is 2. The summed E-state index contributed by atoms with van der Waals surface area (Å²) in [5.41, 5.74) is 7.14. The number of pyridine rings is 1. The maximum Gasteiger partial charge on any atom is 0.0478 e. The van der Waals surface area contributed by atoms with Crippen LogP contribution in [0.5, 0.6) is 0 Å². The summed E-state index contributed by atoms with van der Waals surface area (Å²) in [7, 11) is 0. The molecule has 0 aromatic carbocycles. The highest BCUT2D eigenvalue weighted by molar-refractivity contribution is 9.10. The molecule has 1 aromatic heterocycles. The summed E-state index contributed by atoms with van der Waals surface area (Å²) in [6, 6.07) is 4.12. The average molecular weight is 241 g/mol. The van der Waals surface area contributed by atoms with Crippen molar-refractivity contribution >= 4 is 15.9 Å². The van der Waals surface area contributed by atoms with Crippen molar-refractivity contribution in [3.8, 4) is 0 Å². The minimum Gasteiger partial charge on any atom is -0.330 e.